The molecule has 4 aromatic rings. The molecule has 1 aromatic heterocycles. The SMILES string of the molecule is Cc1cc(C(C)(C)C)cc(S(=O)(=O)Nc2cc3sc(=O)oc3c3ccccc23)c1C. The number of anilines is 1. The summed E-state index contributed by atoms with van der Waals surface area (Å²) < 4.78 is 35.6. The van der Waals surface area contributed by atoms with Crippen molar-refractivity contribution < 1.29 is 12.8 Å². The van der Waals surface area contributed by atoms with Crippen molar-refractivity contribution in [2.24, 2.45) is 0 Å². The highest BCUT2D eigenvalue weighted by atomic mass is 32.2. The van der Waals surface area contributed by atoms with E-state index in [9.17, 15) is 13.2 Å². The van der Waals surface area contributed by atoms with Crippen LogP contribution in [0.25, 0.3) is 21.1 Å². The van der Waals surface area contributed by atoms with Gasteiger partial charge >= 0.3 is 4.94 Å². The standard InChI is InChI=1S/C23H23NO4S2/c1-13-10-15(23(3,4)5)11-20(14(13)2)30(26,27)24-18-12-19-21(28-22(25)29-19)17-9-7-6-8-16(17)18/h6-12,24H,1-5H3. The minimum absolute atomic E-state index is 0.183. The van der Waals surface area contributed by atoms with Crippen LogP contribution in [0.2, 0.25) is 0 Å². The number of fused-ring (bicyclic) bond motifs is 3. The predicted molar refractivity (Wildman–Crippen MR) is 123 cm³/mol. The Kier molecular flexibility index (Phi) is 4.78. The molecule has 1 N–H and O–H groups in total. The molecular weight excluding hydrogens is 418 g/mol. The van der Waals surface area contributed by atoms with Gasteiger partial charge in [0.15, 0.2) is 5.58 Å². The van der Waals surface area contributed by atoms with Gasteiger partial charge in [-0.05, 0) is 48.1 Å². The van der Waals surface area contributed by atoms with Crippen molar-refractivity contribution in [2.45, 2.75) is 44.9 Å². The lowest BCUT2D eigenvalue weighted by atomic mass is 9.85. The largest absolute Gasteiger partial charge is 0.413 e. The number of aryl methyl sites for hydroxylation is 1. The zero-order valence-electron chi connectivity index (χ0n) is 17.5. The summed E-state index contributed by atoms with van der Waals surface area (Å²) in [6, 6.07) is 12.7. The van der Waals surface area contributed by atoms with Crippen molar-refractivity contribution in [3.63, 3.8) is 0 Å². The van der Waals surface area contributed by atoms with Crippen LogP contribution in [0.3, 0.4) is 0 Å². The van der Waals surface area contributed by atoms with Crippen molar-refractivity contribution >= 4 is 48.1 Å². The van der Waals surface area contributed by atoms with Crippen molar-refractivity contribution in [3.8, 4) is 0 Å². The fourth-order valence-electron chi connectivity index (χ4n) is 3.52. The fourth-order valence-corrected chi connectivity index (χ4v) is 5.66. The second kappa shape index (κ2) is 6.96. The molecule has 7 heteroatoms. The molecule has 156 valence electrons. The van der Waals surface area contributed by atoms with Crippen LogP contribution in [0, 0.1) is 13.8 Å². The molecule has 3 aromatic carbocycles. The second-order valence-electron chi connectivity index (χ2n) is 8.52. The maximum atomic E-state index is 13.4. The third kappa shape index (κ3) is 3.52. The van der Waals surface area contributed by atoms with E-state index in [1.54, 1.807) is 12.1 Å². The predicted octanol–water partition coefficient (Wildman–Crippen LogP) is 5.72. The van der Waals surface area contributed by atoms with Gasteiger partial charge in [-0.15, -0.1) is 0 Å². The quantitative estimate of drug-likeness (QED) is 0.441. The highest BCUT2D eigenvalue weighted by Gasteiger charge is 2.24. The first-order chi connectivity index (χ1) is 14.0. The number of hydrogen-bond acceptors (Lipinski definition) is 5. The average molecular weight is 442 g/mol. The Bertz CT molecular complexity index is 1450. The van der Waals surface area contributed by atoms with E-state index >= 15 is 0 Å². The van der Waals surface area contributed by atoms with E-state index in [1.807, 2.05) is 44.2 Å². The van der Waals surface area contributed by atoms with Gasteiger partial charge in [0.05, 0.1) is 15.3 Å². The first-order valence-corrected chi connectivity index (χ1v) is 11.9. The molecule has 30 heavy (non-hydrogen) atoms. The molecular formula is C23H23NO4S2. The minimum Gasteiger partial charge on any atom is -0.413 e. The van der Waals surface area contributed by atoms with Crippen LogP contribution in [-0.4, -0.2) is 8.42 Å². The Morgan fingerprint density at radius 1 is 1.00 bits per heavy atom. The molecule has 0 aliphatic rings. The molecule has 0 amide bonds. The molecule has 0 aliphatic carbocycles. The lowest BCUT2D eigenvalue weighted by molar-refractivity contribution is 0.583. The molecule has 0 saturated heterocycles. The topological polar surface area (TPSA) is 76.4 Å². The zero-order chi connectivity index (χ0) is 21.8. The number of nitrogens with one attached hydrogen (secondary N) is 1. The Labute approximate surface area is 179 Å². The molecule has 1 heterocycles. The van der Waals surface area contributed by atoms with E-state index in [0.717, 1.165) is 22.5 Å². The van der Waals surface area contributed by atoms with Gasteiger partial charge in [-0.3, -0.25) is 4.72 Å². The van der Waals surface area contributed by atoms with Gasteiger partial charge in [0.2, 0.25) is 0 Å². The summed E-state index contributed by atoms with van der Waals surface area (Å²) in [6.45, 7) is 9.92. The van der Waals surface area contributed by atoms with Gasteiger partial charge in [-0.25, -0.2) is 13.2 Å². The van der Waals surface area contributed by atoms with Gasteiger partial charge in [-0.1, -0.05) is 62.4 Å². The van der Waals surface area contributed by atoms with Crippen LogP contribution in [0.4, 0.5) is 5.69 Å². The highest BCUT2D eigenvalue weighted by Crippen LogP contribution is 2.35. The van der Waals surface area contributed by atoms with E-state index in [-0.39, 0.29) is 10.3 Å². The zero-order valence-corrected chi connectivity index (χ0v) is 19.1. The monoisotopic (exact) mass is 441 g/mol. The van der Waals surface area contributed by atoms with Crippen molar-refractivity contribution in [2.75, 3.05) is 4.72 Å². The Morgan fingerprint density at radius 2 is 1.67 bits per heavy atom. The van der Waals surface area contributed by atoms with Crippen LogP contribution < -0.4 is 9.66 Å². The third-order valence-electron chi connectivity index (χ3n) is 5.36. The van der Waals surface area contributed by atoms with Gasteiger partial charge in [0.25, 0.3) is 10.0 Å². The van der Waals surface area contributed by atoms with Crippen molar-refractivity contribution in [1.82, 2.24) is 0 Å². The van der Waals surface area contributed by atoms with Gasteiger partial charge < -0.3 is 4.42 Å². The van der Waals surface area contributed by atoms with E-state index < -0.39 is 15.0 Å². The van der Waals surface area contributed by atoms with E-state index in [4.69, 9.17) is 4.42 Å². The summed E-state index contributed by atoms with van der Waals surface area (Å²) >= 11 is 0.957. The molecule has 5 nitrogen and oxygen atoms in total. The van der Waals surface area contributed by atoms with Crippen LogP contribution in [0.1, 0.15) is 37.5 Å². The van der Waals surface area contributed by atoms with Crippen molar-refractivity contribution in [1.29, 1.82) is 0 Å². The highest BCUT2D eigenvalue weighted by molar-refractivity contribution is 7.92. The Morgan fingerprint density at radius 3 is 2.33 bits per heavy atom. The van der Waals surface area contributed by atoms with Gasteiger partial charge in [0, 0.05) is 10.8 Å². The Hall–Kier alpha value is -2.64. The van der Waals surface area contributed by atoms with Gasteiger partial charge in [0.1, 0.15) is 0 Å². The molecule has 4 rings (SSSR count). The van der Waals surface area contributed by atoms with Crippen LogP contribution in [0.5, 0.6) is 0 Å². The molecule has 0 radical (unpaired) electrons. The normalized spacial score (nSPS) is 12.6. The number of sulfonamides is 1. The maximum Gasteiger partial charge on any atom is 0.396 e. The lowest BCUT2D eigenvalue weighted by Crippen LogP contribution is -2.18. The third-order valence-corrected chi connectivity index (χ3v) is 7.62. The molecule has 0 spiro atoms. The molecule has 0 fully saturated rings. The second-order valence-corrected chi connectivity index (χ2v) is 11.2. The minimum atomic E-state index is -3.86. The number of rotatable bonds is 3. The summed E-state index contributed by atoms with van der Waals surface area (Å²) in [6.07, 6.45) is 0. The first-order valence-electron chi connectivity index (χ1n) is 9.57. The van der Waals surface area contributed by atoms with Crippen LogP contribution in [0.15, 0.2) is 56.6 Å². The molecule has 0 atom stereocenters. The van der Waals surface area contributed by atoms with E-state index in [1.165, 1.54) is 0 Å². The Balaban J connectivity index is 1.92. The van der Waals surface area contributed by atoms with Crippen LogP contribution in [-0.2, 0) is 15.4 Å². The van der Waals surface area contributed by atoms with Crippen molar-refractivity contribution in [3.05, 3.63) is 68.9 Å². The summed E-state index contributed by atoms with van der Waals surface area (Å²) in [5.74, 6) is 0. The summed E-state index contributed by atoms with van der Waals surface area (Å²) in [7, 11) is -3.86. The lowest BCUT2D eigenvalue weighted by Gasteiger charge is -2.22. The molecule has 0 saturated carbocycles. The average Bonchev–Trinajstić information content (AvgIpc) is 3.03. The smallest absolute Gasteiger partial charge is 0.396 e. The molecule has 0 bridgehead atoms. The summed E-state index contributed by atoms with van der Waals surface area (Å²) in [5.41, 5.74) is 3.32. The summed E-state index contributed by atoms with van der Waals surface area (Å²) in [5, 5.41) is 1.37. The number of benzene rings is 3. The first kappa shape index (κ1) is 20.6. The van der Waals surface area contributed by atoms with Gasteiger partial charge in [-0.2, -0.15) is 0 Å². The summed E-state index contributed by atoms with van der Waals surface area (Å²) in [4.78, 5) is 11.6. The molecule has 0 aliphatic heterocycles. The molecule has 0 unspecified atom stereocenters. The van der Waals surface area contributed by atoms with E-state index in [2.05, 4.69) is 25.5 Å². The maximum absolute atomic E-state index is 13.4. The number of hydrogen-bond donors (Lipinski definition) is 1. The van der Waals surface area contributed by atoms with E-state index in [0.29, 0.717) is 32.3 Å². The fraction of sp³-hybridized carbons (Fsp3) is 0.261. The van der Waals surface area contributed by atoms with Crippen LogP contribution >= 0.6 is 11.3 Å².